The first-order valence-corrected chi connectivity index (χ1v) is 8.55. The number of halogens is 1. The van der Waals surface area contributed by atoms with Crippen LogP contribution in [-0.4, -0.2) is 20.7 Å². The van der Waals surface area contributed by atoms with Crippen LogP contribution in [0.5, 0.6) is 0 Å². The van der Waals surface area contributed by atoms with Crippen LogP contribution in [0, 0.1) is 13.8 Å². The molecule has 1 amide bonds. The first kappa shape index (κ1) is 16.6. The molecule has 124 valence electrons. The molecule has 0 fully saturated rings. The number of hydrogen-bond donors (Lipinski definition) is 1. The lowest BCUT2D eigenvalue weighted by Crippen LogP contribution is -2.24. The summed E-state index contributed by atoms with van der Waals surface area (Å²) in [5.41, 5.74) is 1.31. The lowest BCUT2D eigenvalue weighted by Gasteiger charge is -2.14. The molecular weight excluding hydrogens is 348 g/mol. The van der Waals surface area contributed by atoms with E-state index in [0.717, 1.165) is 16.1 Å². The monoisotopic (exact) mass is 362 g/mol. The summed E-state index contributed by atoms with van der Waals surface area (Å²) in [5, 5.41) is 12.5. The molecule has 8 heteroatoms. The lowest BCUT2D eigenvalue weighted by atomic mass is 10.1. The average molecular weight is 363 g/mol. The van der Waals surface area contributed by atoms with Crippen LogP contribution >= 0.6 is 22.9 Å². The van der Waals surface area contributed by atoms with Crippen molar-refractivity contribution in [3.05, 3.63) is 49.7 Å². The molecule has 24 heavy (non-hydrogen) atoms. The number of amides is 1. The third-order valence-electron chi connectivity index (χ3n) is 3.76. The fourth-order valence-electron chi connectivity index (χ4n) is 2.58. The number of rotatable bonds is 3. The van der Waals surface area contributed by atoms with Crippen LogP contribution in [0.1, 0.15) is 27.9 Å². The summed E-state index contributed by atoms with van der Waals surface area (Å²) in [6.07, 6.45) is 1.57. The Kier molecular flexibility index (Phi) is 4.38. The zero-order chi connectivity index (χ0) is 17.4. The van der Waals surface area contributed by atoms with Crippen LogP contribution in [0.2, 0.25) is 5.02 Å². The molecule has 0 aliphatic rings. The summed E-state index contributed by atoms with van der Waals surface area (Å²) in [7, 11) is 0. The van der Waals surface area contributed by atoms with E-state index in [-0.39, 0.29) is 11.0 Å². The van der Waals surface area contributed by atoms with Gasteiger partial charge in [-0.1, -0.05) is 22.9 Å². The minimum Gasteiger partial charge on any atom is -0.346 e. The predicted molar refractivity (Wildman–Crippen MR) is 96.2 cm³/mol. The number of aryl methyl sites for hydroxylation is 3. The fourth-order valence-corrected chi connectivity index (χ4v) is 3.32. The molecule has 0 saturated carbocycles. The highest BCUT2D eigenvalue weighted by molar-refractivity contribution is 7.15. The number of nitrogens with zero attached hydrogens (tertiary/aromatic N) is 3. The van der Waals surface area contributed by atoms with Crippen LogP contribution in [0.15, 0.2) is 23.1 Å². The number of benzene rings is 1. The quantitative estimate of drug-likeness (QED) is 0.774. The maximum atomic E-state index is 12.7. The average Bonchev–Trinajstić information content (AvgIpc) is 2.96. The van der Waals surface area contributed by atoms with Crippen LogP contribution < -0.4 is 10.7 Å². The third kappa shape index (κ3) is 2.81. The van der Waals surface area contributed by atoms with E-state index < -0.39 is 5.91 Å². The second-order valence-corrected chi connectivity index (χ2v) is 6.90. The topological polar surface area (TPSA) is 76.9 Å². The molecule has 3 aromatic rings. The van der Waals surface area contributed by atoms with E-state index in [9.17, 15) is 9.59 Å². The summed E-state index contributed by atoms with van der Waals surface area (Å²) in [4.78, 5) is 25.2. The molecule has 0 bridgehead atoms. The number of nitrogens with one attached hydrogen (secondary N) is 1. The van der Waals surface area contributed by atoms with E-state index in [2.05, 4.69) is 15.5 Å². The van der Waals surface area contributed by atoms with E-state index in [4.69, 9.17) is 11.6 Å². The Bertz CT molecular complexity index is 1010. The minimum atomic E-state index is -0.493. The number of anilines is 1. The maximum Gasteiger partial charge on any atom is 0.262 e. The minimum absolute atomic E-state index is 0.0684. The second-order valence-electron chi connectivity index (χ2n) is 5.31. The Labute approximate surface area is 147 Å². The summed E-state index contributed by atoms with van der Waals surface area (Å²) in [5.74, 6) is -0.493. The first-order valence-electron chi connectivity index (χ1n) is 7.36. The summed E-state index contributed by atoms with van der Waals surface area (Å²) in [6, 6.07) is 3.33. The number of hydrogen-bond acceptors (Lipinski definition) is 5. The molecule has 3 rings (SSSR count). The van der Waals surface area contributed by atoms with Crippen LogP contribution in [0.4, 0.5) is 5.13 Å². The van der Waals surface area contributed by atoms with Gasteiger partial charge in [0.2, 0.25) is 10.6 Å². The molecule has 0 aliphatic carbocycles. The molecular formula is C16H15ClN4O2S. The molecule has 0 aliphatic heterocycles. The SMILES string of the molecule is CCn1cc(C(=O)Nc2nnc(C)s2)c(=O)c2ccc(Cl)c(C)c21. The van der Waals surface area contributed by atoms with Crippen LogP contribution in [0.25, 0.3) is 10.9 Å². The molecule has 0 atom stereocenters. The number of pyridine rings is 1. The van der Waals surface area contributed by atoms with Gasteiger partial charge in [-0.15, -0.1) is 10.2 Å². The van der Waals surface area contributed by atoms with Gasteiger partial charge in [0.15, 0.2) is 0 Å². The van der Waals surface area contributed by atoms with E-state index >= 15 is 0 Å². The standard InChI is InChI=1S/C16H15ClN4O2S/c1-4-21-7-11(15(23)18-16-20-19-9(3)24-16)14(22)10-5-6-12(17)8(2)13(10)21/h5-7H,4H2,1-3H3,(H,18,20,23). The van der Waals surface area contributed by atoms with Crippen molar-refractivity contribution in [2.75, 3.05) is 5.32 Å². The molecule has 0 unspecified atom stereocenters. The molecule has 0 saturated heterocycles. The highest BCUT2D eigenvalue weighted by Gasteiger charge is 2.18. The van der Waals surface area contributed by atoms with Gasteiger partial charge >= 0.3 is 0 Å². The van der Waals surface area contributed by atoms with Crippen molar-refractivity contribution in [1.82, 2.24) is 14.8 Å². The molecule has 2 heterocycles. The normalized spacial score (nSPS) is 11.0. The van der Waals surface area contributed by atoms with Crippen LogP contribution in [0.3, 0.4) is 0 Å². The van der Waals surface area contributed by atoms with Crippen molar-refractivity contribution in [3.8, 4) is 0 Å². The zero-order valence-corrected chi connectivity index (χ0v) is 15.0. The highest BCUT2D eigenvalue weighted by Crippen LogP contribution is 2.24. The fraction of sp³-hybridized carbons (Fsp3) is 0.250. The van der Waals surface area contributed by atoms with Crippen molar-refractivity contribution < 1.29 is 4.79 Å². The third-order valence-corrected chi connectivity index (χ3v) is 4.92. The van der Waals surface area contributed by atoms with Gasteiger partial charge in [0.25, 0.3) is 5.91 Å². The summed E-state index contributed by atoms with van der Waals surface area (Å²) < 4.78 is 1.86. The van der Waals surface area contributed by atoms with Gasteiger partial charge in [-0.3, -0.25) is 14.9 Å². The molecule has 0 radical (unpaired) electrons. The lowest BCUT2D eigenvalue weighted by molar-refractivity contribution is 0.102. The Morgan fingerprint density at radius 2 is 2.08 bits per heavy atom. The second kappa shape index (κ2) is 6.33. The Balaban J connectivity index is 2.15. The van der Waals surface area contributed by atoms with E-state index in [1.807, 2.05) is 18.4 Å². The zero-order valence-electron chi connectivity index (χ0n) is 13.4. The Morgan fingerprint density at radius 1 is 1.33 bits per heavy atom. The highest BCUT2D eigenvalue weighted by atomic mass is 35.5. The number of carbonyl (C=O) groups excluding carboxylic acids is 1. The Hall–Kier alpha value is -2.25. The van der Waals surface area contributed by atoms with Crippen molar-refractivity contribution in [2.45, 2.75) is 27.3 Å². The van der Waals surface area contributed by atoms with E-state index in [0.29, 0.717) is 22.1 Å². The Morgan fingerprint density at radius 3 is 2.71 bits per heavy atom. The summed E-state index contributed by atoms with van der Waals surface area (Å²) >= 11 is 7.43. The largest absolute Gasteiger partial charge is 0.346 e. The van der Waals surface area contributed by atoms with E-state index in [1.54, 1.807) is 25.3 Å². The predicted octanol–water partition coefficient (Wildman–Crippen LogP) is 3.40. The number of fused-ring (bicyclic) bond motifs is 1. The van der Waals surface area contributed by atoms with Gasteiger partial charge in [0.1, 0.15) is 10.6 Å². The molecule has 6 nitrogen and oxygen atoms in total. The first-order chi connectivity index (χ1) is 11.4. The molecule has 0 spiro atoms. The van der Waals surface area contributed by atoms with Gasteiger partial charge < -0.3 is 4.57 Å². The van der Waals surface area contributed by atoms with Crippen LogP contribution in [-0.2, 0) is 6.54 Å². The van der Waals surface area contributed by atoms with Gasteiger partial charge in [-0.25, -0.2) is 0 Å². The maximum absolute atomic E-state index is 12.7. The van der Waals surface area contributed by atoms with Gasteiger partial charge in [-0.05, 0) is 38.5 Å². The van der Waals surface area contributed by atoms with E-state index in [1.165, 1.54) is 11.3 Å². The van der Waals surface area contributed by atoms with Crippen molar-refractivity contribution in [3.63, 3.8) is 0 Å². The van der Waals surface area contributed by atoms with Gasteiger partial charge in [-0.2, -0.15) is 0 Å². The molecule has 2 aromatic heterocycles. The van der Waals surface area contributed by atoms with Crippen molar-refractivity contribution in [1.29, 1.82) is 0 Å². The van der Waals surface area contributed by atoms with Crippen molar-refractivity contribution in [2.24, 2.45) is 0 Å². The van der Waals surface area contributed by atoms with Gasteiger partial charge in [0.05, 0.1) is 5.52 Å². The molecule has 1 aromatic carbocycles. The number of carbonyl (C=O) groups is 1. The van der Waals surface area contributed by atoms with Crippen molar-refractivity contribution >= 4 is 44.9 Å². The molecule has 1 N–H and O–H groups in total. The van der Waals surface area contributed by atoms with Gasteiger partial charge in [0, 0.05) is 23.2 Å². The smallest absolute Gasteiger partial charge is 0.262 e. The number of aromatic nitrogens is 3. The summed E-state index contributed by atoms with van der Waals surface area (Å²) in [6.45, 7) is 6.20.